The van der Waals surface area contributed by atoms with Crippen LogP contribution in [-0.4, -0.2) is 18.4 Å². The maximum atomic E-state index is 13.0. The fourth-order valence-electron chi connectivity index (χ4n) is 3.35. The Labute approximate surface area is 175 Å². The molecule has 4 rings (SSSR count). The number of sulfonamides is 1. The minimum Gasteiger partial charge on any atom is -0.471 e. The maximum absolute atomic E-state index is 13.0. The van der Waals surface area contributed by atoms with Gasteiger partial charge in [0.05, 0.1) is 4.90 Å². The van der Waals surface area contributed by atoms with Crippen LogP contribution in [0.2, 0.25) is 5.02 Å². The molecule has 0 bridgehead atoms. The molecule has 6 nitrogen and oxygen atoms in total. The van der Waals surface area contributed by atoms with E-state index >= 15 is 0 Å². The van der Waals surface area contributed by atoms with E-state index in [4.69, 9.17) is 16.3 Å². The highest BCUT2D eigenvalue weighted by Crippen LogP contribution is 2.33. The summed E-state index contributed by atoms with van der Waals surface area (Å²) in [5.41, 5.74) is 3.68. The minimum absolute atomic E-state index is 0.128. The Balaban J connectivity index is 1.68. The van der Waals surface area contributed by atoms with Crippen LogP contribution in [-0.2, 0) is 29.5 Å². The highest BCUT2D eigenvalue weighted by Gasteiger charge is 2.23. The van der Waals surface area contributed by atoms with Gasteiger partial charge in [0.15, 0.2) is 0 Å². The van der Waals surface area contributed by atoms with Gasteiger partial charge >= 0.3 is 0 Å². The lowest BCUT2D eigenvalue weighted by molar-refractivity contribution is 0.294. The van der Waals surface area contributed by atoms with Crippen molar-refractivity contribution in [1.82, 2.24) is 9.97 Å². The number of pyridine rings is 2. The van der Waals surface area contributed by atoms with E-state index < -0.39 is 10.0 Å². The van der Waals surface area contributed by atoms with Gasteiger partial charge < -0.3 is 4.74 Å². The van der Waals surface area contributed by atoms with Crippen LogP contribution in [0, 0.1) is 6.92 Å². The third-order valence-electron chi connectivity index (χ3n) is 4.87. The van der Waals surface area contributed by atoms with E-state index in [1.165, 1.54) is 6.07 Å². The zero-order chi connectivity index (χ0) is 20.4. The fraction of sp³-hybridized carbons (Fsp3) is 0.238. The number of nitrogens with zero attached hydrogens (tertiary/aromatic N) is 2. The van der Waals surface area contributed by atoms with Gasteiger partial charge in [0.2, 0.25) is 5.88 Å². The van der Waals surface area contributed by atoms with Gasteiger partial charge in [0, 0.05) is 28.7 Å². The number of rotatable bonds is 6. The van der Waals surface area contributed by atoms with Crippen molar-refractivity contribution in [3.8, 4) is 5.88 Å². The van der Waals surface area contributed by atoms with E-state index in [0.29, 0.717) is 16.3 Å². The van der Waals surface area contributed by atoms with Crippen LogP contribution in [0.4, 0.5) is 5.69 Å². The van der Waals surface area contributed by atoms with E-state index in [2.05, 4.69) is 14.7 Å². The monoisotopic (exact) mass is 429 g/mol. The Kier molecular flexibility index (Phi) is 5.43. The van der Waals surface area contributed by atoms with Crippen LogP contribution in [0.15, 0.2) is 53.7 Å². The predicted molar refractivity (Wildman–Crippen MR) is 112 cm³/mol. The first kappa shape index (κ1) is 19.7. The van der Waals surface area contributed by atoms with Crippen molar-refractivity contribution in [3.63, 3.8) is 0 Å². The van der Waals surface area contributed by atoms with E-state index in [-0.39, 0.29) is 17.4 Å². The number of aryl methyl sites for hydroxylation is 2. The molecule has 0 saturated heterocycles. The number of benzene rings is 1. The minimum atomic E-state index is -3.86. The third-order valence-corrected chi connectivity index (χ3v) is 6.79. The van der Waals surface area contributed by atoms with Crippen molar-refractivity contribution < 1.29 is 13.2 Å². The highest BCUT2D eigenvalue weighted by atomic mass is 35.5. The van der Waals surface area contributed by atoms with Crippen molar-refractivity contribution in [2.45, 2.75) is 37.7 Å². The Bertz CT molecular complexity index is 1150. The molecule has 150 valence electrons. The van der Waals surface area contributed by atoms with Gasteiger partial charge in [-0.05, 0) is 61.6 Å². The summed E-state index contributed by atoms with van der Waals surface area (Å²) in [6.45, 7) is 1.92. The summed E-state index contributed by atoms with van der Waals surface area (Å²) in [4.78, 5) is 8.79. The summed E-state index contributed by atoms with van der Waals surface area (Å²) in [6, 6.07) is 10.3. The molecule has 0 atom stereocenters. The molecule has 2 heterocycles. The first-order chi connectivity index (χ1) is 13.9. The predicted octanol–water partition coefficient (Wildman–Crippen LogP) is 4.31. The molecule has 1 aliphatic rings. The fourth-order valence-corrected chi connectivity index (χ4v) is 4.90. The van der Waals surface area contributed by atoms with Crippen LogP contribution in [0.25, 0.3) is 0 Å². The van der Waals surface area contributed by atoms with E-state index in [1.807, 2.05) is 18.2 Å². The molecular weight excluding hydrogens is 410 g/mol. The maximum Gasteiger partial charge on any atom is 0.262 e. The van der Waals surface area contributed by atoms with Crippen LogP contribution >= 0.6 is 11.6 Å². The van der Waals surface area contributed by atoms with Gasteiger partial charge in [-0.1, -0.05) is 23.7 Å². The van der Waals surface area contributed by atoms with Crippen molar-refractivity contribution in [1.29, 1.82) is 0 Å². The molecule has 1 aromatic carbocycles. The third kappa shape index (κ3) is 4.21. The molecular formula is C21H20ClN3O3S. The number of hydrogen-bond acceptors (Lipinski definition) is 5. The van der Waals surface area contributed by atoms with Crippen molar-refractivity contribution >= 4 is 27.3 Å². The number of fused-ring (bicyclic) bond motifs is 1. The average molecular weight is 430 g/mol. The molecule has 1 aliphatic carbocycles. The number of aromatic nitrogens is 2. The Morgan fingerprint density at radius 2 is 2.07 bits per heavy atom. The number of nitrogens with one attached hydrogen (secondary N) is 1. The van der Waals surface area contributed by atoms with Gasteiger partial charge in [0.25, 0.3) is 10.0 Å². The summed E-state index contributed by atoms with van der Waals surface area (Å²) in [5, 5.41) is 0.396. The van der Waals surface area contributed by atoms with Gasteiger partial charge in [-0.25, -0.2) is 13.4 Å². The van der Waals surface area contributed by atoms with E-state index in [0.717, 1.165) is 36.1 Å². The van der Waals surface area contributed by atoms with Crippen LogP contribution in [0.1, 0.15) is 28.8 Å². The largest absolute Gasteiger partial charge is 0.471 e. The quantitative estimate of drug-likeness (QED) is 0.631. The highest BCUT2D eigenvalue weighted by molar-refractivity contribution is 7.92. The first-order valence-electron chi connectivity index (χ1n) is 9.26. The smallest absolute Gasteiger partial charge is 0.262 e. The van der Waals surface area contributed by atoms with Crippen LogP contribution < -0.4 is 9.46 Å². The topological polar surface area (TPSA) is 81.2 Å². The molecule has 0 amide bonds. The number of anilines is 1. The molecule has 0 saturated carbocycles. The number of halogens is 1. The van der Waals surface area contributed by atoms with Crippen molar-refractivity contribution in [3.05, 3.63) is 76.2 Å². The van der Waals surface area contributed by atoms with Gasteiger partial charge in [-0.3, -0.25) is 9.71 Å². The zero-order valence-electron chi connectivity index (χ0n) is 15.9. The summed E-state index contributed by atoms with van der Waals surface area (Å²) in [7, 11) is -3.86. The summed E-state index contributed by atoms with van der Waals surface area (Å²) < 4.78 is 34.6. The molecule has 0 radical (unpaired) electrons. The SMILES string of the molecule is Cc1c(Cl)cccc1S(=O)(=O)Nc1cc2c(nc1OCc1cccnc1)CCC2. The normalized spacial score (nSPS) is 13.2. The van der Waals surface area contributed by atoms with Gasteiger partial charge in [-0.15, -0.1) is 0 Å². The van der Waals surface area contributed by atoms with Crippen LogP contribution in [0.5, 0.6) is 5.88 Å². The number of hydrogen-bond donors (Lipinski definition) is 1. The Morgan fingerprint density at radius 1 is 1.21 bits per heavy atom. The Morgan fingerprint density at radius 3 is 2.86 bits per heavy atom. The lowest BCUT2D eigenvalue weighted by Gasteiger charge is -2.16. The number of ether oxygens (including phenoxy) is 1. The standard InChI is InChI=1S/C21H20ClN3O3S/c1-14-17(22)7-3-9-20(14)29(26,27)25-19-11-16-6-2-8-18(16)24-21(19)28-13-15-5-4-10-23-12-15/h3-5,7,9-12,25H,2,6,8,13H2,1H3. The molecule has 0 aliphatic heterocycles. The molecule has 1 N–H and O–H groups in total. The second kappa shape index (κ2) is 8.00. The van der Waals surface area contributed by atoms with E-state index in [1.54, 1.807) is 31.5 Å². The van der Waals surface area contributed by atoms with Gasteiger partial charge in [0.1, 0.15) is 12.3 Å². The summed E-state index contributed by atoms with van der Waals surface area (Å²) in [6.07, 6.45) is 6.11. The van der Waals surface area contributed by atoms with Crippen molar-refractivity contribution in [2.75, 3.05) is 4.72 Å². The van der Waals surface area contributed by atoms with Crippen molar-refractivity contribution in [2.24, 2.45) is 0 Å². The summed E-state index contributed by atoms with van der Waals surface area (Å²) in [5.74, 6) is 0.262. The zero-order valence-corrected chi connectivity index (χ0v) is 17.4. The molecule has 0 fully saturated rings. The molecule has 0 unspecified atom stereocenters. The molecule has 2 aromatic heterocycles. The van der Waals surface area contributed by atoms with Gasteiger partial charge in [-0.2, -0.15) is 0 Å². The summed E-state index contributed by atoms with van der Waals surface area (Å²) >= 11 is 6.11. The lowest BCUT2D eigenvalue weighted by Crippen LogP contribution is -2.16. The molecule has 29 heavy (non-hydrogen) atoms. The Hall–Kier alpha value is -2.64. The second-order valence-corrected chi connectivity index (χ2v) is 8.98. The molecule has 3 aromatic rings. The molecule has 0 spiro atoms. The van der Waals surface area contributed by atoms with Crippen LogP contribution in [0.3, 0.4) is 0 Å². The van der Waals surface area contributed by atoms with E-state index in [9.17, 15) is 8.42 Å². The second-order valence-electron chi connectivity index (χ2n) is 6.92. The first-order valence-corrected chi connectivity index (χ1v) is 11.1. The molecule has 8 heteroatoms. The average Bonchev–Trinajstić information content (AvgIpc) is 3.16. The lowest BCUT2D eigenvalue weighted by atomic mass is 10.2.